The van der Waals surface area contributed by atoms with Gasteiger partial charge in [-0.2, -0.15) is 0 Å². The first-order chi connectivity index (χ1) is 8.56. The Morgan fingerprint density at radius 3 is 2.67 bits per heavy atom. The van der Waals surface area contributed by atoms with Gasteiger partial charge < -0.3 is 10.6 Å². The van der Waals surface area contributed by atoms with Crippen LogP contribution in [0.4, 0.5) is 15.8 Å². The van der Waals surface area contributed by atoms with Crippen LogP contribution < -0.4 is 10.6 Å². The minimum atomic E-state index is -0.396. The van der Waals surface area contributed by atoms with E-state index in [0.29, 0.717) is 6.54 Å². The summed E-state index contributed by atoms with van der Waals surface area (Å²) < 4.78 is 13.0. The highest BCUT2D eigenvalue weighted by molar-refractivity contribution is 6.30. The van der Waals surface area contributed by atoms with Crippen LogP contribution in [-0.4, -0.2) is 7.05 Å². The quantitative estimate of drug-likeness (QED) is 0.857. The fraction of sp³-hybridized carbons (Fsp3) is 0.143. The Bertz CT molecular complexity index is 557. The maximum Gasteiger partial charge on any atom is 0.141 e. The van der Waals surface area contributed by atoms with E-state index in [1.54, 1.807) is 12.1 Å². The molecule has 2 rings (SSSR count). The van der Waals surface area contributed by atoms with Gasteiger partial charge in [-0.25, -0.2) is 4.39 Å². The van der Waals surface area contributed by atoms with Gasteiger partial charge in [0.25, 0.3) is 0 Å². The number of nitrogens with zero attached hydrogens (tertiary/aromatic N) is 1. The van der Waals surface area contributed by atoms with Crippen LogP contribution in [-0.2, 0) is 6.54 Å². The van der Waals surface area contributed by atoms with E-state index in [1.807, 2.05) is 36.2 Å². The molecule has 0 aliphatic heterocycles. The normalized spacial score (nSPS) is 10.4. The molecule has 0 amide bonds. The van der Waals surface area contributed by atoms with Crippen molar-refractivity contribution < 1.29 is 4.39 Å². The molecule has 0 fully saturated rings. The van der Waals surface area contributed by atoms with Crippen LogP contribution >= 0.6 is 11.6 Å². The van der Waals surface area contributed by atoms with Crippen LogP contribution in [0.2, 0.25) is 5.02 Å². The highest BCUT2D eigenvalue weighted by Gasteiger charge is 2.05. The van der Waals surface area contributed by atoms with Crippen molar-refractivity contribution in [2.24, 2.45) is 0 Å². The van der Waals surface area contributed by atoms with E-state index in [9.17, 15) is 4.39 Å². The lowest BCUT2D eigenvalue weighted by atomic mass is 10.2. The Morgan fingerprint density at radius 1 is 1.22 bits per heavy atom. The van der Waals surface area contributed by atoms with E-state index < -0.39 is 5.82 Å². The van der Waals surface area contributed by atoms with Crippen molar-refractivity contribution in [2.75, 3.05) is 17.7 Å². The second-order valence-electron chi connectivity index (χ2n) is 4.20. The average Bonchev–Trinajstić information content (AvgIpc) is 2.34. The van der Waals surface area contributed by atoms with Crippen molar-refractivity contribution in [3.05, 3.63) is 58.9 Å². The van der Waals surface area contributed by atoms with Gasteiger partial charge in [-0.3, -0.25) is 0 Å². The minimum Gasteiger partial charge on any atom is -0.399 e. The molecule has 0 aromatic heterocycles. The van der Waals surface area contributed by atoms with Crippen molar-refractivity contribution in [1.82, 2.24) is 0 Å². The maximum atomic E-state index is 13.0. The average molecular weight is 265 g/mol. The van der Waals surface area contributed by atoms with Crippen molar-refractivity contribution in [1.29, 1.82) is 0 Å². The van der Waals surface area contributed by atoms with Gasteiger partial charge in [0.15, 0.2) is 0 Å². The SMILES string of the molecule is CN(Cc1ccc(F)c(Cl)c1)c1cccc(N)c1. The molecule has 0 aliphatic rings. The van der Waals surface area contributed by atoms with Gasteiger partial charge in [-0.1, -0.05) is 23.7 Å². The summed E-state index contributed by atoms with van der Waals surface area (Å²) in [5.74, 6) is -0.396. The third-order valence-corrected chi connectivity index (χ3v) is 3.00. The van der Waals surface area contributed by atoms with Gasteiger partial charge >= 0.3 is 0 Å². The molecule has 0 unspecified atom stereocenters. The molecule has 0 radical (unpaired) electrons. The molecule has 2 nitrogen and oxygen atoms in total. The third kappa shape index (κ3) is 2.93. The summed E-state index contributed by atoms with van der Waals surface area (Å²) in [4.78, 5) is 2.03. The minimum absolute atomic E-state index is 0.147. The van der Waals surface area contributed by atoms with E-state index in [4.69, 9.17) is 17.3 Å². The van der Waals surface area contributed by atoms with Gasteiger partial charge in [0.1, 0.15) is 5.82 Å². The lowest BCUT2D eigenvalue weighted by Gasteiger charge is -2.20. The predicted molar refractivity (Wildman–Crippen MR) is 74.4 cm³/mol. The Hall–Kier alpha value is -1.74. The summed E-state index contributed by atoms with van der Waals surface area (Å²) in [6, 6.07) is 12.4. The highest BCUT2D eigenvalue weighted by Crippen LogP contribution is 2.21. The summed E-state index contributed by atoms with van der Waals surface area (Å²) in [6.45, 7) is 0.642. The molecule has 0 spiro atoms. The topological polar surface area (TPSA) is 29.3 Å². The largest absolute Gasteiger partial charge is 0.399 e. The van der Waals surface area contributed by atoms with Crippen molar-refractivity contribution in [2.45, 2.75) is 6.54 Å². The van der Waals surface area contributed by atoms with Gasteiger partial charge in [-0.05, 0) is 35.9 Å². The molecular formula is C14H14ClFN2. The molecule has 2 aromatic rings. The zero-order chi connectivity index (χ0) is 13.1. The smallest absolute Gasteiger partial charge is 0.141 e. The maximum absolute atomic E-state index is 13.0. The first-order valence-corrected chi connectivity index (χ1v) is 5.94. The van der Waals surface area contributed by atoms with Crippen LogP contribution in [0.3, 0.4) is 0 Å². The lowest BCUT2D eigenvalue weighted by molar-refractivity contribution is 0.627. The Balaban J connectivity index is 2.16. The van der Waals surface area contributed by atoms with Gasteiger partial charge in [0, 0.05) is 25.0 Å². The lowest BCUT2D eigenvalue weighted by Crippen LogP contribution is -2.16. The van der Waals surface area contributed by atoms with Gasteiger partial charge in [-0.15, -0.1) is 0 Å². The van der Waals surface area contributed by atoms with Crippen molar-refractivity contribution >= 4 is 23.0 Å². The van der Waals surface area contributed by atoms with Crippen LogP contribution in [0, 0.1) is 5.82 Å². The van der Waals surface area contributed by atoms with Crippen LogP contribution in [0.5, 0.6) is 0 Å². The molecule has 94 valence electrons. The summed E-state index contributed by atoms with van der Waals surface area (Å²) in [5, 5.41) is 0.147. The Morgan fingerprint density at radius 2 is 2.00 bits per heavy atom. The van der Waals surface area contributed by atoms with E-state index in [2.05, 4.69) is 0 Å². The highest BCUT2D eigenvalue weighted by atomic mass is 35.5. The molecule has 0 saturated carbocycles. The first kappa shape index (κ1) is 12.7. The van der Waals surface area contributed by atoms with E-state index >= 15 is 0 Å². The molecular weight excluding hydrogens is 251 g/mol. The van der Waals surface area contributed by atoms with Crippen LogP contribution in [0.1, 0.15) is 5.56 Å². The number of nitrogen functional groups attached to an aromatic ring is 1. The monoisotopic (exact) mass is 264 g/mol. The summed E-state index contributed by atoms with van der Waals surface area (Å²) >= 11 is 5.75. The molecule has 2 aromatic carbocycles. The molecule has 0 aliphatic carbocycles. The number of nitrogens with two attached hydrogens (primary N) is 1. The van der Waals surface area contributed by atoms with Crippen LogP contribution in [0.15, 0.2) is 42.5 Å². The number of anilines is 2. The molecule has 2 N–H and O–H groups in total. The Kier molecular flexibility index (Phi) is 3.72. The van der Waals surface area contributed by atoms with Gasteiger partial charge in [0.2, 0.25) is 0 Å². The van der Waals surface area contributed by atoms with Crippen LogP contribution in [0.25, 0.3) is 0 Å². The number of hydrogen-bond donors (Lipinski definition) is 1. The standard InChI is InChI=1S/C14H14ClFN2/c1-18(12-4-2-3-11(17)8-12)9-10-5-6-14(16)13(15)7-10/h2-8H,9,17H2,1H3. The van der Waals surface area contributed by atoms with E-state index in [1.165, 1.54) is 6.07 Å². The van der Waals surface area contributed by atoms with E-state index in [-0.39, 0.29) is 5.02 Å². The molecule has 0 bridgehead atoms. The number of rotatable bonds is 3. The molecule has 0 saturated heterocycles. The number of hydrogen-bond acceptors (Lipinski definition) is 2. The summed E-state index contributed by atoms with van der Waals surface area (Å²) in [6.07, 6.45) is 0. The Labute approximate surface area is 111 Å². The summed E-state index contributed by atoms with van der Waals surface area (Å²) in [7, 11) is 1.95. The van der Waals surface area contributed by atoms with Gasteiger partial charge in [0.05, 0.1) is 5.02 Å². The summed E-state index contributed by atoms with van der Waals surface area (Å²) in [5.41, 5.74) is 8.42. The van der Waals surface area contributed by atoms with Crippen molar-refractivity contribution in [3.8, 4) is 0 Å². The first-order valence-electron chi connectivity index (χ1n) is 5.57. The second-order valence-corrected chi connectivity index (χ2v) is 4.61. The zero-order valence-corrected chi connectivity index (χ0v) is 10.8. The van der Waals surface area contributed by atoms with Crippen molar-refractivity contribution in [3.63, 3.8) is 0 Å². The fourth-order valence-corrected chi connectivity index (χ4v) is 1.97. The molecule has 18 heavy (non-hydrogen) atoms. The zero-order valence-electron chi connectivity index (χ0n) is 10.0. The molecule has 0 heterocycles. The predicted octanol–water partition coefficient (Wildman–Crippen LogP) is 3.70. The third-order valence-electron chi connectivity index (χ3n) is 2.71. The van der Waals surface area contributed by atoms with E-state index in [0.717, 1.165) is 16.9 Å². The fourth-order valence-electron chi connectivity index (χ4n) is 1.77. The second kappa shape index (κ2) is 5.27. The molecule has 4 heteroatoms. The number of benzene rings is 2. The molecule has 0 atom stereocenters. The number of halogens is 2.